The van der Waals surface area contributed by atoms with Crippen LogP contribution in [0, 0.1) is 5.92 Å². The van der Waals surface area contributed by atoms with Crippen LogP contribution in [0.15, 0.2) is 0 Å². The molecule has 3 heteroatoms. The first kappa shape index (κ1) is 13.3. The van der Waals surface area contributed by atoms with Crippen molar-refractivity contribution in [3.8, 4) is 0 Å². The largest absolute Gasteiger partial charge is 0.381 e. The van der Waals surface area contributed by atoms with Crippen LogP contribution in [0.1, 0.15) is 44.9 Å². The molecule has 0 aromatic carbocycles. The lowest BCUT2D eigenvalue weighted by Crippen LogP contribution is -2.36. The Hall–Kier alpha value is -0.120. The van der Waals surface area contributed by atoms with E-state index in [0.717, 1.165) is 51.7 Å². The lowest BCUT2D eigenvalue weighted by molar-refractivity contribution is 0.0654. The molecule has 0 bridgehead atoms. The zero-order valence-corrected chi connectivity index (χ0v) is 11.0. The van der Waals surface area contributed by atoms with E-state index in [2.05, 4.69) is 5.32 Å². The fourth-order valence-corrected chi connectivity index (χ4v) is 2.84. The molecule has 0 atom stereocenters. The van der Waals surface area contributed by atoms with E-state index < -0.39 is 0 Å². The van der Waals surface area contributed by atoms with Gasteiger partial charge in [0.2, 0.25) is 0 Å². The third kappa shape index (κ3) is 5.36. The van der Waals surface area contributed by atoms with Gasteiger partial charge in [0.15, 0.2) is 0 Å². The summed E-state index contributed by atoms with van der Waals surface area (Å²) in [4.78, 5) is 0. The van der Waals surface area contributed by atoms with Crippen LogP contribution in [0.4, 0.5) is 0 Å². The first-order valence-electron chi connectivity index (χ1n) is 7.34. The third-order valence-corrected chi connectivity index (χ3v) is 3.98. The highest BCUT2D eigenvalue weighted by Gasteiger charge is 2.14. The summed E-state index contributed by atoms with van der Waals surface area (Å²) in [7, 11) is 0. The molecule has 2 aliphatic rings. The average Bonchev–Trinajstić information content (AvgIpc) is 2.41. The van der Waals surface area contributed by atoms with Gasteiger partial charge in [-0.15, -0.1) is 0 Å². The Labute approximate surface area is 105 Å². The van der Waals surface area contributed by atoms with Gasteiger partial charge in [-0.05, 0) is 31.6 Å². The molecule has 0 aromatic heterocycles. The summed E-state index contributed by atoms with van der Waals surface area (Å²) in [5, 5.41) is 3.55. The predicted molar refractivity (Wildman–Crippen MR) is 69.2 cm³/mol. The summed E-state index contributed by atoms with van der Waals surface area (Å²) in [6.07, 6.45) is 9.33. The minimum absolute atomic E-state index is 0.655. The molecule has 1 saturated heterocycles. The van der Waals surface area contributed by atoms with Gasteiger partial charge in [0.1, 0.15) is 0 Å². The quantitative estimate of drug-likeness (QED) is 0.724. The maximum Gasteiger partial charge on any atom is 0.0591 e. The van der Waals surface area contributed by atoms with Crippen molar-refractivity contribution in [3.05, 3.63) is 0 Å². The predicted octanol–water partition coefficient (Wildman–Crippen LogP) is 2.35. The highest BCUT2D eigenvalue weighted by Crippen LogP contribution is 2.23. The molecular formula is C14H27NO2. The van der Waals surface area contributed by atoms with Crippen LogP contribution in [-0.2, 0) is 9.47 Å². The van der Waals surface area contributed by atoms with E-state index in [1.165, 1.54) is 32.1 Å². The number of nitrogens with one attached hydrogen (secondary N) is 1. The molecule has 0 aromatic rings. The molecule has 2 rings (SSSR count). The van der Waals surface area contributed by atoms with E-state index in [1.54, 1.807) is 0 Å². The maximum atomic E-state index is 5.77. The fraction of sp³-hybridized carbons (Fsp3) is 1.00. The van der Waals surface area contributed by atoms with Crippen molar-refractivity contribution in [2.45, 2.75) is 51.0 Å². The summed E-state index contributed by atoms with van der Waals surface area (Å²) < 4.78 is 11.1. The average molecular weight is 241 g/mol. The van der Waals surface area contributed by atoms with Crippen LogP contribution in [0.3, 0.4) is 0 Å². The maximum absolute atomic E-state index is 5.77. The highest BCUT2D eigenvalue weighted by atomic mass is 16.5. The summed E-state index contributed by atoms with van der Waals surface area (Å²) in [6.45, 7) is 4.68. The van der Waals surface area contributed by atoms with Gasteiger partial charge in [-0.1, -0.05) is 19.3 Å². The van der Waals surface area contributed by atoms with E-state index >= 15 is 0 Å². The molecular weight excluding hydrogens is 214 g/mol. The molecule has 2 fully saturated rings. The smallest absolute Gasteiger partial charge is 0.0591 e. The molecule has 1 aliphatic heterocycles. The monoisotopic (exact) mass is 241 g/mol. The molecule has 1 aliphatic carbocycles. The number of hydrogen-bond donors (Lipinski definition) is 1. The normalized spacial score (nSPS) is 24.0. The SMILES string of the molecule is C1CCC(COCCNC2CCOCC2)CC1. The summed E-state index contributed by atoms with van der Waals surface area (Å²) >= 11 is 0. The van der Waals surface area contributed by atoms with Crippen molar-refractivity contribution < 1.29 is 9.47 Å². The van der Waals surface area contributed by atoms with Crippen molar-refractivity contribution in [1.82, 2.24) is 5.32 Å². The number of hydrogen-bond acceptors (Lipinski definition) is 3. The van der Waals surface area contributed by atoms with E-state index in [0.29, 0.717) is 6.04 Å². The lowest BCUT2D eigenvalue weighted by Gasteiger charge is -2.24. The van der Waals surface area contributed by atoms with Crippen LogP contribution in [0.5, 0.6) is 0 Å². The lowest BCUT2D eigenvalue weighted by atomic mass is 9.90. The minimum atomic E-state index is 0.655. The van der Waals surface area contributed by atoms with Crippen LogP contribution >= 0.6 is 0 Å². The first-order valence-corrected chi connectivity index (χ1v) is 7.34. The highest BCUT2D eigenvalue weighted by molar-refractivity contribution is 4.70. The minimum Gasteiger partial charge on any atom is -0.381 e. The molecule has 1 heterocycles. The summed E-state index contributed by atoms with van der Waals surface area (Å²) in [6, 6.07) is 0.655. The van der Waals surface area contributed by atoms with Crippen molar-refractivity contribution >= 4 is 0 Å². The van der Waals surface area contributed by atoms with Crippen molar-refractivity contribution in [3.63, 3.8) is 0 Å². The fourth-order valence-electron chi connectivity index (χ4n) is 2.84. The second-order valence-electron chi connectivity index (χ2n) is 5.42. The summed E-state index contributed by atoms with van der Waals surface area (Å²) in [5.41, 5.74) is 0. The zero-order valence-electron chi connectivity index (χ0n) is 11.0. The van der Waals surface area contributed by atoms with Crippen LogP contribution < -0.4 is 5.32 Å². The third-order valence-electron chi connectivity index (χ3n) is 3.98. The second kappa shape index (κ2) is 8.06. The van der Waals surface area contributed by atoms with E-state index in [1.807, 2.05) is 0 Å². The zero-order chi connectivity index (χ0) is 11.8. The molecule has 0 spiro atoms. The molecule has 0 amide bonds. The number of ether oxygens (including phenoxy) is 2. The van der Waals surface area contributed by atoms with Crippen LogP contribution in [-0.4, -0.2) is 39.0 Å². The van der Waals surface area contributed by atoms with Gasteiger partial charge < -0.3 is 14.8 Å². The molecule has 0 radical (unpaired) electrons. The second-order valence-corrected chi connectivity index (χ2v) is 5.42. The Bertz CT molecular complexity index is 167. The Kier molecular flexibility index (Phi) is 6.32. The van der Waals surface area contributed by atoms with Crippen molar-refractivity contribution in [2.75, 3.05) is 33.0 Å². The van der Waals surface area contributed by atoms with Crippen molar-refractivity contribution in [1.29, 1.82) is 0 Å². The number of rotatable bonds is 6. The van der Waals surface area contributed by atoms with Gasteiger partial charge in [0.25, 0.3) is 0 Å². The van der Waals surface area contributed by atoms with E-state index in [9.17, 15) is 0 Å². The van der Waals surface area contributed by atoms with Gasteiger partial charge >= 0.3 is 0 Å². The molecule has 3 nitrogen and oxygen atoms in total. The van der Waals surface area contributed by atoms with Gasteiger partial charge in [0.05, 0.1) is 6.61 Å². The first-order chi connectivity index (χ1) is 8.45. The van der Waals surface area contributed by atoms with E-state index in [-0.39, 0.29) is 0 Å². The Morgan fingerprint density at radius 1 is 1.00 bits per heavy atom. The van der Waals surface area contributed by atoms with Crippen molar-refractivity contribution in [2.24, 2.45) is 5.92 Å². The molecule has 1 saturated carbocycles. The van der Waals surface area contributed by atoms with Gasteiger partial charge in [-0.3, -0.25) is 0 Å². The Morgan fingerprint density at radius 2 is 1.76 bits per heavy atom. The van der Waals surface area contributed by atoms with E-state index in [4.69, 9.17) is 9.47 Å². The van der Waals surface area contributed by atoms with Gasteiger partial charge in [-0.25, -0.2) is 0 Å². The molecule has 1 N–H and O–H groups in total. The molecule has 0 unspecified atom stereocenters. The Morgan fingerprint density at radius 3 is 2.53 bits per heavy atom. The van der Waals surface area contributed by atoms with Crippen LogP contribution in [0.25, 0.3) is 0 Å². The van der Waals surface area contributed by atoms with Gasteiger partial charge in [-0.2, -0.15) is 0 Å². The molecule has 100 valence electrons. The standard InChI is InChI=1S/C14H27NO2/c1-2-4-13(5-3-1)12-17-11-8-15-14-6-9-16-10-7-14/h13-15H,1-12H2. The topological polar surface area (TPSA) is 30.5 Å². The van der Waals surface area contributed by atoms with Gasteiger partial charge in [0, 0.05) is 32.4 Å². The summed E-state index contributed by atoms with van der Waals surface area (Å²) in [5.74, 6) is 0.840. The molecule has 17 heavy (non-hydrogen) atoms. The Balaban J connectivity index is 1.42. The van der Waals surface area contributed by atoms with Crippen LogP contribution in [0.2, 0.25) is 0 Å².